The highest BCUT2D eigenvalue weighted by molar-refractivity contribution is 5.92. The first kappa shape index (κ1) is 12.0. The van der Waals surface area contributed by atoms with E-state index in [4.69, 9.17) is 5.73 Å². The van der Waals surface area contributed by atoms with Crippen LogP contribution in [0.4, 0.5) is 5.69 Å². The third-order valence-electron chi connectivity index (χ3n) is 3.38. The molecule has 0 unspecified atom stereocenters. The third kappa shape index (κ3) is 3.23. The molecule has 0 saturated heterocycles. The van der Waals surface area contributed by atoms with Crippen LogP contribution in [0, 0.1) is 11.8 Å². The number of hydrogen-bond donors (Lipinski definition) is 2. The minimum absolute atomic E-state index is 0.0790. The van der Waals surface area contributed by atoms with Gasteiger partial charge in [0.25, 0.3) is 0 Å². The number of anilines is 1. The number of rotatable bonds is 3. The summed E-state index contributed by atoms with van der Waals surface area (Å²) in [6, 6.07) is 0. The highest BCUT2D eigenvalue weighted by Gasteiger charge is 2.25. The Bertz CT molecular complexity index is 360. The molecule has 2 rings (SSSR count). The van der Waals surface area contributed by atoms with Crippen LogP contribution in [0.1, 0.15) is 25.7 Å². The molecule has 0 atom stereocenters. The van der Waals surface area contributed by atoms with Crippen LogP contribution in [0.25, 0.3) is 0 Å². The molecule has 0 aromatic carbocycles. The van der Waals surface area contributed by atoms with Gasteiger partial charge in [-0.2, -0.15) is 0 Å². The Kier molecular flexibility index (Phi) is 4.03. The molecule has 0 radical (unpaired) electrons. The summed E-state index contributed by atoms with van der Waals surface area (Å²) in [6.45, 7) is 0.737. The Morgan fingerprint density at radius 3 is 2.53 bits per heavy atom. The average molecular weight is 234 g/mol. The second kappa shape index (κ2) is 5.72. The first-order chi connectivity index (χ1) is 8.29. The highest BCUT2D eigenvalue weighted by Crippen LogP contribution is 2.28. The van der Waals surface area contributed by atoms with Crippen LogP contribution in [-0.2, 0) is 4.79 Å². The molecule has 1 fully saturated rings. The molecule has 1 aromatic rings. The van der Waals surface area contributed by atoms with Crippen molar-refractivity contribution in [2.75, 3.05) is 11.9 Å². The van der Waals surface area contributed by atoms with Crippen molar-refractivity contribution in [2.24, 2.45) is 17.6 Å². The first-order valence-electron chi connectivity index (χ1n) is 6.05. The zero-order valence-corrected chi connectivity index (χ0v) is 9.80. The Morgan fingerprint density at radius 2 is 1.94 bits per heavy atom. The molecule has 3 N–H and O–H groups in total. The van der Waals surface area contributed by atoms with E-state index in [-0.39, 0.29) is 11.8 Å². The zero-order chi connectivity index (χ0) is 12.1. The molecule has 1 amide bonds. The average Bonchev–Trinajstić information content (AvgIpc) is 2.40. The van der Waals surface area contributed by atoms with E-state index in [1.165, 1.54) is 6.33 Å². The number of nitrogens with zero attached hydrogens (tertiary/aromatic N) is 2. The fourth-order valence-corrected chi connectivity index (χ4v) is 2.27. The predicted molar refractivity (Wildman–Crippen MR) is 65.2 cm³/mol. The molecule has 5 nitrogen and oxygen atoms in total. The van der Waals surface area contributed by atoms with Gasteiger partial charge in [-0.05, 0) is 38.1 Å². The van der Waals surface area contributed by atoms with E-state index >= 15 is 0 Å². The third-order valence-corrected chi connectivity index (χ3v) is 3.38. The van der Waals surface area contributed by atoms with Gasteiger partial charge in [-0.25, -0.2) is 9.97 Å². The molecule has 92 valence electrons. The molecule has 17 heavy (non-hydrogen) atoms. The minimum Gasteiger partial charge on any atom is -0.330 e. The Morgan fingerprint density at radius 1 is 1.29 bits per heavy atom. The maximum atomic E-state index is 12.0. The second-order valence-corrected chi connectivity index (χ2v) is 4.57. The summed E-state index contributed by atoms with van der Waals surface area (Å²) in [5, 5.41) is 2.85. The Labute approximate surface area is 101 Å². The van der Waals surface area contributed by atoms with E-state index in [1.807, 2.05) is 0 Å². The minimum atomic E-state index is 0.0790. The van der Waals surface area contributed by atoms with Crippen LogP contribution in [0.2, 0.25) is 0 Å². The molecular weight excluding hydrogens is 216 g/mol. The summed E-state index contributed by atoms with van der Waals surface area (Å²) in [6.07, 6.45) is 8.64. The molecular formula is C12H18N4O. The molecule has 1 aromatic heterocycles. The van der Waals surface area contributed by atoms with Crippen molar-refractivity contribution < 1.29 is 4.79 Å². The van der Waals surface area contributed by atoms with Crippen molar-refractivity contribution in [1.82, 2.24) is 9.97 Å². The molecule has 0 spiro atoms. The number of carbonyl (C=O) groups excluding carboxylic acids is 1. The lowest BCUT2D eigenvalue weighted by atomic mass is 9.81. The SMILES string of the molecule is NCC1CCC(C(=O)Nc2cncnc2)CC1. The van der Waals surface area contributed by atoms with Crippen LogP contribution in [0.5, 0.6) is 0 Å². The quantitative estimate of drug-likeness (QED) is 0.823. The van der Waals surface area contributed by atoms with Crippen molar-refractivity contribution in [3.8, 4) is 0 Å². The van der Waals surface area contributed by atoms with Crippen LogP contribution < -0.4 is 11.1 Å². The van der Waals surface area contributed by atoms with Gasteiger partial charge in [0.05, 0.1) is 18.1 Å². The van der Waals surface area contributed by atoms with Gasteiger partial charge in [-0.1, -0.05) is 0 Å². The van der Waals surface area contributed by atoms with Crippen LogP contribution in [0.15, 0.2) is 18.7 Å². The van der Waals surface area contributed by atoms with E-state index < -0.39 is 0 Å². The number of amides is 1. The lowest BCUT2D eigenvalue weighted by Crippen LogP contribution is -2.29. The topological polar surface area (TPSA) is 80.9 Å². The fourth-order valence-electron chi connectivity index (χ4n) is 2.27. The summed E-state index contributed by atoms with van der Waals surface area (Å²) >= 11 is 0. The summed E-state index contributed by atoms with van der Waals surface area (Å²) in [5.41, 5.74) is 6.30. The standard InChI is InChI=1S/C12H18N4O/c13-5-9-1-3-10(4-2-9)12(17)16-11-6-14-8-15-7-11/h6-10H,1-5,13H2,(H,16,17). The summed E-state index contributed by atoms with van der Waals surface area (Å²) < 4.78 is 0. The van der Waals surface area contributed by atoms with Crippen molar-refractivity contribution in [3.05, 3.63) is 18.7 Å². The van der Waals surface area contributed by atoms with Gasteiger partial charge in [-0.15, -0.1) is 0 Å². The second-order valence-electron chi connectivity index (χ2n) is 4.57. The molecule has 1 aliphatic rings. The number of carbonyl (C=O) groups is 1. The molecule has 1 heterocycles. The first-order valence-corrected chi connectivity index (χ1v) is 6.05. The molecule has 0 aliphatic heterocycles. The van der Waals surface area contributed by atoms with Crippen molar-refractivity contribution in [2.45, 2.75) is 25.7 Å². The highest BCUT2D eigenvalue weighted by atomic mass is 16.1. The normalized spacial score (nSPS) is 24.3. The van der Waals surface area contributed by atoms with E-state index in [1.54, 1.807) is 12.4 Å². The molecule has 5 heteroatoms. The summed E-state index contributed by atoms with van der Waals surface area (Å²) in [7, 11) is 0. The van der Waals surface area contributed by atoms with Crippen LogP contribution >= 0.6 is 0 Å². The number of nitrogens with one attached hydrogen (secondary N) is 1. The monoisotopic (exact) mass is 234 g/mol. The summed E-state index contributed by atoms with van der Waals surface area (Å²) in [5.74, 6) is 0.785. The maximum absolute atomic E-state index is 12.0. The van der Waals surface area contributed by atoms with Crippen LogP contribution in [-0.4, -0.2) is 22.4 Å². The fraction of sp³-hybridized carbons (Fsp3) is 0.583. The zero-order valence-electron chi connectivity index (χ0n) is 9.80. The van der Waals surface area contributed by atoms with Gasteiger partial charge >= 0.3 is 0 Å². The van der Waals surface area contributed by atoms with E-state index in [0.29, 0.717) is 11.6 Å². The predicted octanol–water partition coefficient (Wildman–Crippen LogP) is 1.18. The Balaban J connectivity index is 1.85. The Hall–Kier alpha value is -1.49. The van der Waals surface area contributed by atoms with Crippen molar-refractivity contribution in [3.63, 3.8) is 0 Å². The maximum Gasteiger partial charge on any atom is 0.227 e. The summed E-state index contributed by atoms with van der Waals surface area (Å²) in [4.78, 5) is 19.7. The van der Waals surface area contributed by atoms with Gasteiger partial charge in [0, 0.05) is 5.92 Å². The number of hydrogen-bond acceptors (Lipinski definition) is 4. The lowest BCUT2D eigenvalue weighted by molar-refractivity contribution is -0.121. The van der Waals surface area contributed by atoms with Gasteiger partial charge in [-0.3, -0.25) is 4.79 Å². The smallest absolute Gasteiger partial charge is 0.227 e. The van der Waals surface area contributed by atoms with E-state index in [9.17, 15) is 4.79 Å². The van der Waals surface area contributed by atoms with E-state index in [0.717, 1.165) is 32.2 Å². The van der Waals surface area contributed by atoms with Crippen molar-refractivity contribution in [1.29, 1.82) is 0 Å². The molecule has 0 bridgehead atoms. The number of aromatic nitrogens is 2. The van der Waals surface area contributed by atoms with Gasteiger partial charge in [0.2, 0.25) is 5.91 Å². The van der Waals surface area contributed by atoms with Gasteiger partial charge in [0.1, 0.15) is 6.33 Å². The lowest BCUT2D eigenvalue weighted by Gasteiger charge is -2.26. The molecule has 1 saturated carbocycles. The molecule has 1 aliphatic carbocycles. The van der Waals surface area contributed by atoms with Gasteiger partial charge in [0.15, 0.2) is 0 Å². The van der Waals surface area contributed by atoms with Gasteiger partial charge < -0.3 is 11.1 Å². The van der Waals surface area contributed by atoms with E-state index in [2.05, 4.69) is 15.3 Å². The van der Waals surface area contributed by atoms with Crippen LogP contribution in [0.3, 0.4) is 0 Å². The number of nitrogens with two attached hydrogens (primary N) is 1. The largest absolute Gasteiger partial charge is 0.330 e. The van der Waals surface area contributed by atoms with Crippen molar-refractivity contribution >= 4 is 11.6 Å².